The number of allylic oxidation sites excluding steroid dienone is 1. The van der Waals surface area contributed by atoms with Gasteiger partial charge in [0.05, 0.1) is 11.0 Å². The molecule has 3 atom stereocenters. The molecular formula is C23H35N3. The third-order valence-corrected chi connectivity index (χ3v) is 6.05. The molecule has 1 aromatic heterocycles. The van der Waals surface area contributed by atoms with Crippen molar-refractivity contribution in [2.75, 3.05) is 6.54 Å². The number of imidazole rings is 1. The largest absolute Gasteiger partial charge is 0.342 e. The zero-order valence-electron chi connectivity index (χ0n) is 17.3. The van der Waals surface area contributed by atoms with Crippen LogP contribution in [0.15, 0.2) is 29.8 Å². The van der Waals surface area contributed by atoms with Crippen molar-refractivity contribution in [3.05, 3.63) is 41.2 Å². The average Bonchev–Trinajstić information content (AvgIpc) is 2.98. The minimum atomic E-state index is 0.549. The van der Waals surface area contributed by atoms with Gasteiger partial charge in [0.15, 0.2) is 0 Å². The van der Waals surface area contributed by atoms with E-state index in [0.717, 1.165) is 35.7 Å². The second-order valence-electron chi connectivity index (χ2n) is 8.84. The monoisotopic (exact) mass is 353 g/mol. The fourth-order valence-electron chi connectivity index (χ4n) is 4.44. The topological polar surface area (TPSA) is 40.7 Å². The van der Waals surface area contributed by atoms with Crippen molar-refractivity contribution in [1.29, 1.82) is 0 Å². The second-order valence-corrected chi connectivity index (χ2v) is 8.84. The third-order valence-electron chi connectivity index (χ3n) is 6.05. The molecule has 26 heavy (non-hydrogen) atoms. The molecule has 0 bridgehead atoms. The Morgan fingerprint density at radius 1 is 1.19 bits per heavy atom. The number of nitrogens with zero attached hydrogens (tertiary/aromatic N) is 1. The zero-order chi connectivity index (χ0) is 18.8. The Kier molecular flexibility index (Phi) is 5.86. The number of aryl methyl sites for hydroxylation is 1. The van der Waals surface area contributed by atoms with E-state index in [9.17, 15) is 0 Å². The van der Waals surface area contributed by atoms with Gasteiger partial charge in [-0.2, -0.15) is 0 Å². The van der Waals surface area contributed by atoms with E-state index >= 15 is 0 Å². The van der Waals surface area contributed by atoms with Crippen LogP contribution in [0.25, 0.3) is 11.0 Å². The molecule has 1 aliphatic rings. The highest BCUT2D eigenvalue weighted by Crippen LogP contribution is 2.38. The lowest BCUT2D eigenvalue weighted by Crippen LogP contribution is -2.37. The number of nitrogens with one attached hydrogen (secondary N) is 2. The number of para-hydroxylation sites is 1. The van der Waals surface area contributed by atoms with Gasteiger partial charge in [-0.3, -0.25) is 0 Å². The highest BCUT2D eigenvalue weighted by atomic mass is 14.9. The minimum absolute atomic E-state index is 0.549. The fraction of sp³-hybridized carbons (Fsp3) is 0.609. The van der Waals surface area contributed by atoms with E-state index in [2.05, 4.69) is 76.1 Å². The summed E-state index contributed by atoms with van der Waals surface area (Å²) in [4.78, 5) is 8.44. The van der Waals surface area contributed by atoms with Crippen LogP contribution >= 0.6 is 0 Å². The predicted molar refractivity (Wildman–Crippen MR) is 111 cm³/mol. The number of hydrogen-bond donors (Lipinski definition) is 2. The van der Waals surface area contributed by atoms with Crippen LogP contribution in [0.1, 0.15) is 52.4 Å². The third kappa shape index (κ3) is 4.20. The Morgan fingerprint density at radius 3 is 2.62 bits per heavy atom. The van der Waals surface area contributed by atoms with Gasteiger partial charge < -0.3 is 10.3 Å². The van der Waals surface area contributed by atoms with Gasteiger partial charge in [-0.05, 0) is 55.6 Å². The predicted octanol–water partition coefficient (Wildman–Crippen LogP) is 5.27. The second kappa shape index (κ2) is 7.96. The van der Waals surface area contributed by atoms with E-state index in [4.69, 9.17) is 4.98 Å². The highest BCUT2D eigenvalue weighted by molar-refractivity contribution is 5.78. The summed E-state index contributed by atoms with van der Waals surface area (Å²) in [7, 11) is 0. The molecule has 2 N–H and O–H groups in total. The summed E-state index contributed by atoms with van der Waals surface area (Å²) in [5.74, 6) is 3.82. The number of fused-ring (bicyclic) bond motifs is 1. The lowest BCUT2D eigenvalue weighted by atomic mass is 9.69. The minimum Gasteiger partial charge on any atom is -0.342 e. The maximum absolute atomic E-state index is 4.89. The van der Waals surface area contributed by atoms with Crippen molar-refractivity contribution in [3.63, 3.8) is 0 Å². The van der Waals surface area contributed by atoms with Crippen LogP contribution in [-0.2, 0) is 6.42 Å². The van der Waals surface area contributed by atoms with Gasteiger partial charge in [0.1, 0.15) is 5.82 Å². The Morgan fingerprint density at radius 2 is 1.96 bits per heavy atom. The van der Waals surface area contributed by atoms with E-state index in [1.165, 1.54) is 17.6 Å². The summed E-state index contributed by atoms with van der Waals surface area (Å²) in [6.45, 7) is 14.8. The van der Waals surface area contributed by atoms with Crippen molar-refractivity contribution in [2.24, 2.45) is 23.7 Å². The first-order valence-corrected chi connectivity index (χ1v) is 10.2. The number of H-pyrrole nitrogens is 1. The Balaban J connectivity index is 1.78. The molecule has 0 radical (unpaired) electrons. The lowest BCUT2D eigenvalue weighted by Gasteiger charge is -2.37. The quantitative estimate of drug-likeness (QED) is 0.695. The van der Waals surface area contributed by atoms with Crippen LogP contribution in [0.2, 0.25) is 0 Å². The van der Waals surface area contributed by atoms with Crippen LogP contribution < -0.4 is 5.32 Å². The van der Waals surface area contributed by atoms with Gasteiger partial charge in [-0.15, -0.1) is 0 Å². The van der Waals surface area contributed by atoms with E-state index in [1.54, 1.807) is 0 Å². The number of benzene rings is 1. The van der Waals surface area contributed by atoms with Crippen LogP contribution in [-0.4, -0.2) is 22.6 Å². The Hall–Kier alpha value is -1.61. The first-order valence-electron chi connectivity index (χ1n) is 10.2. The van der Waals surface area contributed by atoms with Crippen molar-refractivity contribution in [1.82, 2.24) is 15.3 Å². The van der Waals surface area contributed by atoms with E-state index in [0.29, 0.717) is 23.8 Å². The molecule has 0 spiro atoms. The summed E-state index contributed by atoms with van der Waals surface area (Å²) in [6, 6.07) is 6.92. The molecule has 0 fully saturated rings. The molecule has 1 aliphatic carbocycles. The first kappa shape index (κ1) is 19.2. The molecule has 0 saturated heterocycles. The number of hydrogen-bond acceptors (Lipinski definition) is 2. The van der Waals surface area contributed by atoms with E-state index < -0.39 is 0 Å². The van der Waals surface area contributed by atoms with Gasteiger partial charge >= 0.3 is 0 Å². The molecule has 0 amide bonds. The van der Waals surface area contributed by atoms with E-state index in [1.807, 2.05) is 0 Å². The summed E-state index contributed by atoms with van der Waals surface area (Å²) < 4.78 is 0. The Labute approximate surface area is 158 Å². The Bertz CT molecular complexity index is 769. The lowest BCUT2D eigenvalue weighted by molar-refractivity contribution is 0.219. The normalized spacial score (nSPS) is 23.8. The van der Waals surface area contributed by atoms with Crippen LogP contribution in [0.3, 0.4) is 0 Å². The molecule has 0 aliphatic heterocycles. The first-order chi connectivity index (χ1) is 12.3. The molecule has 3 nitrogen and oxygen atoms in total. The summed E-state index contributed by atoms with van der Waals surface area (Å²) >= 11 is 0. The molecular weight excluding hydrogens is 318 g/mol. The number of aromatic amines is 1. The smallest absolute Gasteiger partial charge is 0.107 e. The summed E-state index contributed by atoms with van der Waals surface area (Å²) in [6.07, 6.45) is 4.83. The number of rotatable bonds is 6. The highest BCUT2D eigenvalue weighted by Gasteiger charge is 2.32. The van der Waals surface area contributed by atoms with Gasteiger partial charge in [0.25, 0.3) is 0 Å². The van der Waals surface area contributed by atoms with Crippen molar-refractivity contribution >= 4 is 11.0 Å². The number of aromatic nitrogens is 2. The maximum atomic E-state index is 4.89. The molecule has 3 rings (SSSR count). The molecule has 142 valence electrons. The molecule has 0 saturated carbocycles. The summed E-state index contributed by atoms with van der Waals surface area (Å²) in [5, 5.41) is 3.65. The maximum Gasteiger partial charge on any atom is 0.107 e. The van der Waals surface area contributed by atoms with Crippen LogP contribution in [0.5, 0.6) is 0 Å². The van der Waals surface area contributed by atoms with Crippen molar-refractivity contribution < 1.29 is 0 Å². The van der Waals surface area contributed by atoms with Crippen LogP contribution in [0.4, 0.5) is 0 Å². The average molecular weight is 354 g/mol. The fourth-order valence-corrected chi connectivity index (χ4v) is 4.44. The molecule has 1 heterocycles. The van der Waals surface area contributed by atoms with Crippen LogP contribution in [0, 0.1) is 30.6 Å². The molecule has 2 aromatic rings. The van der Waals surface area contributed by atoms with Gasteiger partial charge in [-0.1, -0.05) is 51.5 Å². The zero-order valence-corrected chi connectivity index (χ0v) is 17.3. The van der Waals surface area contributed by atoms with Gasteiger partial charge in [0, 0.05) is 19.0 Å². The van der Waals surface area contributed by atoms with Crippen molar-refractivity contribution in [3.8, 4) is 0 Å². The molecule has 3 heteroatoms. The SMILES string of the molecule is CC1=C[C@@H](CNC(C)C)[C@H](C(C)C)C[C@H]1Cc1nc2c(C)cccc2[nH]1. The van der Waals surface area contributed by atoms with Gasteiger partial charge in [0.2, 0.25) is 0 Å². The van der Waals surface area contributed by atoms with E-state index in [-0.39, 0.29) is 0 Å². The summed E-state index contributed by atoms with van der Waals surface area (Å²) in [5.41, 5.74) is 5.08. The standard InChI is InChI=1S/C23H35N3/c1-14(2)20-11-18(17(6)10-19(20)13-24-15(3)4)12-22-25-21-9-7-8-16(5)23(21)26-22/h7-10,14-15,18-20,24H,11-13H2,1-6H3,(H,25,26)/t18-,19-,20-/m0/s1. The van der Waals surface area contributed by atoms with Gasteiger partial charge in [-0.25, -0.2) is 4.98 Å². The molecule has 0 unspecified atom stereocenters. The molecule has 1 aromatic carbocycles. The van der Waals surface area contributed by atoms with Crippen molar-refractivity contribution in [2.45, 2.75) is 60.4 Å².